The molecule has 5 heteroatoms. The normalized spacial score (nSPS) is 10.7. The van der Waals surface area contributed by atoms with E-state index in [4.69, 9.17) is 13.9 Å². The molecule has 0 amide bonds. The highest BCUT2D eigenvalue weighted by molar-refractivity contribution is 5.84. The van der Waals surface area contributed by atoms with Crippen molar-refractivity contribution in [3.8, 4) is 22.6 Å². The van der Waals surface area contributed by atoms with Gasteiger partial charge < -0.3 is 13.9 Å². The molecule has 1 heterocycles. The summed E-state index contributed by atoms with van der Waals surface area (Å²) in [6, 6.07) is 21.3. The first-order valence-corrected chi connectivity index (χ1v) is 9.08. The van der Waals surface area contributed by atoms with Gasteiger partial charge in [0.15, 0.2) is 5.43 Å². The Labute approximate surface area is 167 Å². The molecule has 29 heavy (non-hydrogen) atoms. The predicted molar refractivity (Wildman–Crippen MR) is 110 cm³/mol. The van der Waals surface area contributed by atoms with Crippen molar-refractivity contribution in [2.75, 3.05) is 7.11 Å². The van der Waals surface area contributed by atoms with E-state index in [-0.39, 0.29) is 17.8 Å². The first kappa shape index (κ1) is 18.5. The van der Waals surface area contributed by atoms with Crippen molar-refractivity contribution in [2.24, 2.45) is 0 Å². The highest BCUT2D eigenvalue weighted by Crippen LogP contribution is 2.24. The molecule has 0 aliphatic rings. The van der Waals surface area contributed by atoms with Crippen molar-refractivity contribution in [1.29, 1.82) is 0 Å². The molecule has 0 spiro atoms. The van der Waals surface area contributed by atoms with Gasteiger partial charge in [-0.05, 0) is 35.4 Å². The number of methoxy groups -OCH3 is 1. The lowest BCUT2D eigenvalue weighted by atomic mass is 10.1. The molecule has 0 saturated carbocycles. The number of benzene rings is 3. The van der Waals surface area contributed by atoms with E-state index in [1.165, 1.54) is 6.26 Å². The number of hydrogen-bond donors (Lipinski definition) is 0. The molecular formula is C24H18O5. The highest BCUT2D eigenvalue weighted by atomic mass is 16.5. The molecule has 0 fully saturated rings. The molecule has 1 aromatic heterocycles. The van der Waals surface area contributed by atoms with Crippen LogP contribution in [0, 0.1) is 0 Å². The molecule has 0 aliphatic carbocycles. The van der Waals surface area contributed by atoms with Gasteiger partial charge >= 0.3 is 5.97 Å². The van der Waals surface area contributed by atoms with Gasteiger partial charge in [0, 0.05) is 6.07 Å². The fourth-order valence-corrected chi connectivity index (χ4v) is 3.07. The Kier molecular flexibility index (Phi) is 5.12. The third kappa shape index (κ3) is 4.04. The molecule has 3 aromatic carbocycles. The van der Waals surface area contributed by atoms with Gasteiger partial charge in [-0.1, -0.05) is 42.5 Å². The largest absolute Gasteiger partial charge is 0.497 e. The number of hydrogen-bond acceptors (Lipinski definition) is 5. The second kappa shape index (κ2) is 8.02. The maximum absolute atomic E-state index is 12.9. The lowest BCUT2D eigenvalue weighted by molar-refractivity contribution is -0.133. The van der Waals surface area contributed by atoms with Gasteiger partial charge in [0.2, 0.25) is 0 Å². The van der Waals surface area contributed by atoms with E-state index in [1.807, 2.05) is 30.3 Å². The van der Waals surface area contributed by atoms with Gasteiger partial charge in [0.1, 0.15) is 23.3 Å². The molecule has 0 saturated heterocycles. The molecule has 4 rings (SSSR count). The predicted octanol–water partition coefficient (Wildman–Crippen LogP) is 4.62. The average Bonchev–Trinajstić information content (AvgIpc) is 2.75. The standard InChI is InChI=1S/C24H18O5/c1-27-18-9-7-17(8-10-18)21-15-28-22-14-19(11-12-20(22)24(21)26)29-23(25)13-16-5-3-2-4-6-16/h2-12,14-15H,13H2,1H3. The van der Waals surface area contributed by atoms with Crippen molar-refractivity contribution in [2.45, 2.75) is 6.42 Å². The van der Waals surface area contributed by atoms with Crippen LogP contribution in [-0.4, -0.2) is 13.1 Å². The second-order valence-corrected chi connectivity index (χ2v) is 6.50. The summed E-state index contributed by atoms with van der Waals surface area (Å²) in [5.74, 6) is 0.660. The number of ether oxygens (including phenoxy) is 2. The second-order valence-electron chi connectivity index (χ2n) is 6.50. The van der Waals surface area contributed by atoms with Crippen LogP contribution >= 0.6 is 0 Å². The number of esters is 1. The summed E-state index contributed by atoms with van der Waals surface area (Å²) in [6.45, 7) is 0. The van der Waals surface area contributed by atoms with E-state index in [9.17, 15) is 9.59 Å². The minimum absolute atomic E-state index is 0.154. The molecular weight excluding hydrogens is 368 g/mol. The summed E-state index contributed by atoms with van der Waals surface area (Å²) in [5, 5.41) is 0.418. The monoisotopic (exact) mass is 386 g/mol. The van der Waals surface area contributed by atoms with Crippen molar-refractivity contribution in [3.05, 3.63) is 94.8 Å². The van der Waals surface area contributed by atoms with Crippen LogP contribution in [-0.2, 0) is 11.2 Å². The number of rotatable bonds is 5. The molecule has 144 valence electrons. The van der Waals surface area contributed by atoms with E-state index in [1.54, 1.807) is 49.6 Å². The molecule has 0 N–H and O–H groups in total. The number of carbonyl (C=O) groups excluding carboxylic acids is 1. The van der Waals surface area contributed by atoms with Crippen LogP contribution in [0.15, 0.2) is 88.3 Å². The van der Waals surface area contributed by atoms with Crippen LogP contribution in [0.1, 0.15) is 5.56 Å². The summed E-state index contributed by atoms with van der Waals surface area (Å²) >= 11 is 0. The lowest BCUT2D eigenvalue weighted by Crippen LogP contribution is -2.11. The molecule has 5 nitrogen and oxygen atoms in total. The van der Waals surface area contributed by atoms with E-state index in [0.29, 0.717) is 28.0 Å². The van der Waals surface area contributed by atoms with Gasteiger partial charge in [-0.2, -0.15) is 0 Å². The SMILES string of the molecule is COc1ccc(-c2coc3cc(OC(=O)Cc4ccccc4)ccc3c2=O)cc1. The Balaban J connectivity index is 1.58. The summed E-state index contributed by atoms with van der Waals surface area (Å²) in [7, 11) is 1.59. The van der Waals surface area contributed by atoms with E-state index < -0.39 is 0 Å². The van der Waals surface area contributed by atoms with Crippen LogP contribution < -0.4 is 14.9 Å². The van der Waals surface area contributed by atoms with Gasteiger partial charge in [0.05, 0.1) is 24.5 Å². The van der Waals surface area contributed by atoms with Crippen LogP contribution in [0.25, 0.3) is 22.1 Å². The lowest BCUT2D eigenvalue weighted by Gasteiger charge is -2.07. The van der Waals surface area contributed by atoms with Gasteiger partial charge in [0.25, 0.3) is 0 Å². The molecule has 0 radical (unpaired) electrons. The van der Waals surface area contributed by atoms with Crippen LogP contribution in [0.3, 0.4) is 0 Å². The van der Waals surface area contributed by atoms with Crippen LogP contribution in [0.4, 0.5) is 0 Å². The van der Waals surface area contributed by atoms with Crippen molar-refractivity contribution in [3.63, 3.8) is 0 Å². The quantitative estimate of drug-likeness (QED) is 0.370. The number of carbonyl (C=O) groups is 1. The molecule has 0 aliphatic heterocycles. The molecule has 0 unspecified atom stereocenters. The minimum Gasteiger partial charge on any atom is -0.497 e. The third-order valence-electron chi connectivity index (χ3n) is 4.57. The van der Waals surface area contributed by atoms with Crippen LogP contribution in [0.5, 0.6) is 11.5 Å². The molecule has 0 bridgehead atoms. The Hall–Kier alpha value is -3.86. The maximum atomic E-state index is 12.9. The van der Waals surface area contributed by atoms with Crippen molar-refractivity contribution >= 4 is 16.9 Å². The molecule has 4 aromatic rings. The zero-order valence-electron chi connectivity index (χ0n) is 15.8. The summed E-state index contributed by atoms with van der Waals surface area (Å²) < 4.78 is 16.2. The van der Waals surface area contributed by atoms with Crippen molar-refractivity contribution in [1.82, 2.24) is 0 Å². The van der Waals surface area contributed by atoms with E-state index in [0.717, 1.165) is 11.1 Å². The van der Waals surface area contributed by atoms with Crippen molar-refractivity contribution < 1.29 is 18.7 Å². The zero-order chi connectivity index (χ0) is 20.2. The first-order valence-electron chi connectivity index (χ1n) is 9.08. The first-order chi connectivity index (χ1) is 14.1. The van der Waals surface area contributed by atoms with Crippen LogP contribution in [0.2, 0.25) is 0 Å². The fraction of sp³-hybridized carbons (Fsp3) is 0.0833. The molecule has 0 atom stereocenters. The van der Waals surface area contributed by atoms with Gasteiger partial charge in [-0.3, -0.25) is 9.59 Å². The smallest absolute Gasteiger partial charge is 0.315 e. The van der Waals surface area contributed by atoms with E-state index in [2.05, 4.69) is 0 Å². The Morgan fingerprint density at radius 2 is 1.66 bits per heavy atom. The maximum Gasteiger partial charge on any atom is 0.315 e. The fourth-order valence-electron chi connectivity index (χ4n) is 3.07. The average molecular weight is 386 g/mol. The summed E-state index contributed by atoms with van der Waals surface area (Å²) in [6.07, 6.45) is 1.58. The Morgan fingerprint density at radius 3 is 2.38 bits per heavy atom. The van der Waals surface area contributed by atoms with Gasteiger partial charge in [-0.25, -0.2) is 0 Å². The number of fused-ring (bicyclic) bond motifs is 1. The van der Waals surface area contributed by atoms with Gasteiger partial charge in [-0.15, -0.1) is 0 Å². The zero-order valence-corrected chi connectivity index (χ0v) is 15.8. The summed E-state index contributed by atoms with van der Waals surface area (Å²) in [5.41, 5.74) is 2.26. The Morgan fingerprint density at radius 1 is 0.931 bits per heavy atom. The third-order valence-corrected chi connectivity index (χ3v) is 4.57. The minimum atomic E-state index is -0.382. The topological polar surface area (TPSA) is 65.7 Å². The Bertz CT molecular complexity index is 1210. The van der Waals surface area contributed by atoms with E-state index >= 15 is 0 Å². The summed E-state index contributed by atoms with van der Waals surface area (Å²) in [4.78, 5) is 25.0. The highest BCUT2D eigenvalue weighted by Gasteiger charge is 2.12.